The minimum atomic E-state index is -1.15. The fourth-order valence-corrected chi connectivity index (χ4v) is 2.92. The van der Waals surface area contributed by atoms with Gasteiger partial charge in [-0.25, -0.2) is 9.59 Å². The Bertz CT molecular complexity index is 994. The molecule has 9 heteroatoms. The maximum Gasteiger partial charge on any atom is 0.339 e. The number of carboxylic acid groups (broad SMARTS) is 1. The molecular weight excluding hydrogens is 380 g/mol. The second kappa shape index (κ2) is 9.22. The SMILES string of the molecule is Cc1c(CCC(=O)NCC(=O)NC(C(=O)O)C(C)C)c(=O)oc2cc(O)ccc12. The van der Waals surface area contributed by atoms with E-state index in [4.69, 9.17) is 9.52 Å². The number of hydrogen-bond acceptors (Lipinski definition) is 6. The zero-order chi connectivity index (χ0) is 21.7. The molecule has 1 heterocycles. The second-order valence-corrected chi connectivity index (χ2v) is 7.08. The zero-order valence-corrected chi connectivity index (χ0v) is 16.4. The fraction of sp³-hybridized carbons (Fsp3) is 0.400. The quantitative estimate of drug-likeness (QED) is 0.482. The van der Waals surface area contributed by atoms with Gasteiger partial charge in [0.2, 0.25) is 11.8 Å². The average molecular weight is 404 g/mol. The van der Waals surface area contributed by atoms with Crippen molar-refractivity contribution in [3.05, 3.63) is 39.7 Å². The summed E-state index contributed by atoms with van der Waals surface area (Å²) in [7, 11) is 0. The van der Waals surface area contributed by atoms with Gasteiger partial charge in [-0.15, -0.1) is 0 Å². The van der Waals surface area contributed by atoms with Gasteiger partial charge >= 0.3 is 11.6 Å². The van der Waals surface area contributed by atoms with Gasteiger partial charge in [0, 0.05) is 23.4 Å². The van der Waals surface area contributed by atoms with Gasteiger partial charge < -0.3 is 25.3 Å². The lowest BCUT2D eigenvalue weighted by Gasteiger charge is -2.18. The molecule has 2 amide bonds. The number of phenolic OH excluding ortho intramolecular Hbond substituents is 1. The summed E-state index contributed by atoms with van der Waals surface area (Å²) < 4.78 is 5.21. The number of aromatic hydroxyl groups is 1. The van der Waals surface area contributed by atoms with E-state index in [0.717, 1.165) is 0 Å². The number of hydrogen-bond donors (Lipinski definition) is 4. The summed E-state index contributed by atoms with van der Waals surface area (Å²) in [6, 6.07) is 3.42. The Morgan fingerprint density at radius 1 is 1.17 bits per heavy atom. The Morgan fingerprint density at radius 3 is 2.48 bits per heavy atom. The summed E-state index contributed by atoms with van der Waals surface area (Å²) in [5.74, 6) is -2.54. The number of aliphatic carboxylic acids is 1. The fourth-order valence-electron chi connectivity index (χ4n) is 2.92. The van der Waals surface area contributed by atoms with Crippen molar-refractivity contribution in [3.63, 3.8) is 0 Å². The number of fused-ring (bicyclic) bond motifs is 1. The van der Waals surface area contributed by atoms with Gasteiger partial charge in [-0.3, -0.25) is 9.59 Å². The van der Waals surface area contributed by atoms with E-state index in [9.17, 15) is 24.3 Å². The Morgan fingerprint density at radius 2 is 1.86 bits per heavy atom. The Hall–Kier alpha value is -3.36. The van der Waals surface area contributed by atoms with E-state index < -0.39 is 29.5 Å². The first-order chi connectivity index (χ1) is 13.6. The van der Waals surface area contributed by atoms with Gasteiger partial charge in [0.25, 0.3) is 0 Å². The highest BCUT2D eigenvalue weighted by Crippen LogP contribution is 2.23. The Kier molecular flexibility index (Phi) is 6.98. The van der Waals surface area contributed by atoms with Crippen LogP contribution in [0.4, 0.5) is 0 Å². The highest BCUT2D eigenvalue weighted by Gasteiger charge is 2.23. The molecule has 0 saturated carbocycles. The van der Waals surface area contributed by atoms with Crippen LogP contribution in [0, 0.1) is 12.8 Å². The maximum atomic E-state index is 12.2. The number of amides is 2. The van der Waals surface area contributed by atoms with E-state index in [0.29, 0.717) is 16.5 Å². The van der Waals surface area contributed by atoms with Crippen LogP contribution in [0.2, 0.25) is 0 Å². The molecule has 0 saturated heterocycles. The van der Waals surface area contributed by atoms with Crippen molar-refractivity contribution < 1.29 is 29.0 Å². The number of nitrogens with one attached hydrogen (secondary N) is 2. The van der Waals surface area contributed by atoms with E-state index >= 15 is 0 Å². The molecule has 0 radical (unpaired) electrons. The van der Waals surface area contributed by atoms with Crippen molar-refractivity contribution in [1.82, 2.24) is 10.6 Å². The molecule has 1 aromatic carbocycles. The van der Waals surface area contributed by atoms with Crippen LogP contribution in [0.3, 0.4) is 0 Å². The molecule has 1 aromatic heterocycles. The van der Waals surface area contributed by atoms with E-state index in [-0.39, 0.29) is 36.6 Å². The monoisotopic (exact) mass is 404 g/mol. The van der Waals surface area contributed by atoms with E-state index in [1.807, 2.05) is 0 Å². The number of phenols is 1. The number of carboxylic acids is 1. The summed E-state index contributed by atoms with van der Waals surface area (Å²) in [4.78, 5) is 47.2. The molecule has 0 bridgehead atoms. The smallest absolute Gasteiger partial charge is 0.339 e. The summed E-state index contributed by atoms with van der Waals surface area (Å²) in [5, 5.41) is 24.0. The number of benzene rings is 1. The second-order valence-electron chi connectivity index (χ2n) is 7.08. The summed E-state index contributed by atoms with van der Waals surface area (Å²) >= 11 is 0. The first kappa shape index (κ1) is 21.9. The molecule has 1 unspecified atom stereocenters. The van der Waals surface area contributed by atoms with Crippen molar-refractivity contribution in [2.45, 2.75) is 39.7 Å². The van der Waals surface area contributed by atoms with E-state index in [2.05, 4.69) is 10.6 Å². The van der Waals surface area contributed by atoms with Crippen molar-refractivity contribution in [2.24, 2.45) is 5.92 Å². The van der Waals surface area contributed by atoms with Crippen LogP contribution in [-0.2, 0) is 20.8 Å². The first-order valence-electron chi connectivity index (χ1n) is 9.14. The number of aryl methyl sites for hydroxylation is 1. The molecule has 2 rings (SSSR count). The minimum absolute atomic E-state index is 0.0203. The molecule has 156 valence electrons. The van der Waals surface area contributed by atoms with Gasteiger partial charge in [-0.1, -0.05) is 13.8 Å². The van der Waals surface area contributed by atoms with Crippen LogP contribution in [0.1, 0.15) is 31.4 Å². The predicted molar refractivity (Wildman–Crippen MR) is 105 cm³/mol. The third kappa shape index (κ3) is 5.56. The zero-order valence-electron chi connectivity index (χ0n) is 16.4. The van der Waals surface area contributed by atoms with Crippen LogP contribution >= 0.6 is 0 Å². The topological polar surface area (TPSA) is 146 Å². The first-order valence-corrected chi connectivity index (χ1v) is 9.14. The van der Waals surface area contributed by atoms with E-state index in [1.54, 1.807) is 26.8 Å². The van der Waals surface area contributed by atoms with Crippen molar-refractivity contribution in [2.75, 3.05) is 6.54 Å². The van der Waals surface area contributed by atoms with Gasteiger partial charge in [0.05, 0.1) is 6.54 Å². The molecule has 0 aliphatic heterocycles. The number of rotatable bonds is 8. The summed E-state index contributed by atoms with van der Waals surface area (Å²) in [6.45, 7) is 4.70. The lowest BCUT2D eigenvalue weighted by atomic mass is 10.0. The van der Waals surface area contributed by atoms with Gasteiger partial charge in [-0.2, -0.15) is 0 Å². The largest absolute Gasteiger partial charge is 0.508 e. The highest BCUT2D eigenvalue weighted by molar-refractivity contribution is 5.88. The van der Waals surface area contributed by atoms with Crippen molar-refractivity contribution >= 4 is 28.8 Å². The highest BCUT2D eigenvalue weighted by atomic mass is 16.4. The molecule has 4 N–H and O–H groups in total. The number of carbonyl (C=O) groups excluding carboxylic acids is 2. The molecule has 0 fully saturated rings. The number of carbonyl (C=O) groups is 3. The van der Waals surface area contributed by atoms with E-state index in [1.165, 1.54) is 12.1 Å². The Labute approximate surface area is 166 Å². The van der Waals surface area contributed by atoms with Crippen LogP contribution in [0.5, 0.6) is 5.75 Å². The third-order valence-corrected chi connectivity index (χ3v) is 4.57. The maximum absolute atomic E-state index is 12.2. The molecule has 0 aliphatic carbocycles. The molecule has 0 spiro atoms. The van der Waals surface area contributed by atoms with Crippen LogP contribution in [0.25, 0.3) is 11.0 Å². The van der Waals surface area contributed by atoms with Gasteiger partial charge in [0.1, 0.15) is 17.4 Å². The van der Waals surface area contributed by atoms with Crippen molar-refractivity contribution in [1.29, 1.82) is 0 Å². The normalized spacial score (nSPS) is 12.0. The molecule has 9 nitrogen and oxygen atoms in total. The lowest BCUT2D eigenvalue weighted by Crippen LogP contribution is -2.48. The minimum Gasteiger partial charge on any atom is -0.508 e. The molecule has 29 heavy (non-hydrogen) atoms. The molecule has 2 aromatic rings. The van der Waals surface area contributed by atoms with Gasteiger partial charge in [-0.05, 0) is 37.0 Å². The molecule has 1 atom stereocenters. The summed E-state index contributed by atoms with van der Waals surface area (Å²) in [6.07, 6.45) is 0.0667. The van der Waals surface area contributed by atoms with Crippen LogP contribution in [0.15, 0.2) is 27.4 Å². The van der Waals surface area contributed by atoms with Crippen LogP contribution < -0.4 is 16.3 Å². The third-order valence-electron chi connectivity index (χ3n) is 4.57. The lowest BCUT2D eigenvalue weighted by molar-refractivity contribution is -0.143. The van der Waals surface area contributed by atoms with Gasteiger partial charge in [0.15, 0.2) is 0 Å². The van der Waals surface area contributed by atoms with Crippen LogP contribution in [-0.4, -0.2) is 40.6 Å². The Balaban J connectivity index is 1.96. The predicted octanol–water partition coefficient (Wildman–Crippen LogP) is 1.08. The average Bonchev–Trinajstić information content (AvgIpc) is 2.63. The molecular formula is C20H24N2O7. The van der Waals surface area contributed by atoms with Crippen molar-refractivity contribution in [3.8, 4) is 5.75 Å². The standard InChI is InChI=1S/C20H24N2O7/c1-10(2)18(19(26)27)22-17(25)9-21-16(24)7-6-14-11(3)13-5-4-12(23)8-15(13)29-20(14)28/h4-5,8,10,18,23H,6-7,9H2,1-3H3,(H,21,24)(H,22,25)(H,26,27). The molecule has 0 aliphatic rings. The summed E-state index contributed by atoms with van der Waals surface area (Å²) in [5.41, 5.74) is 0.666.